The number of carbonyl (C=O) groups is 1. The van der Waals surface area contributed by atoms with Crippen LogP contribution in [0.1, 0.15) is 40.0 Å². The molecule has 0 bridgehead atoms. The number of hydrogen-bond acceptors (Lipinski definition) is 7. The van der Waals surface area contributed by atoms with Crippen LogP contribution in [0.15, 0.2) is 16.8 Å². The molecule has 2 heterocycles. The second-order valence-corrected chi connectivity index (χ2v) is 7.21. The molecule has 1 aliphatic heterocycles. The first-order valence-corrected chi connectivity index (χ1v) is 8.85. The van der Waals surface area contributed by atoms with Crippen molar-refractivity contribution < 1.29 is 14.3 Å². The number of anilines is 1. The number of rotatable bonds is 6. The molecule has 0 spiro atoms. The van der Waals surface area contributed by atoms with E-state index < -0.39 is 4.92 Å². The third-order valence-electron chi connectivity index (χ3n) is 4.65. The molecule has 2 aromatic rings. The highest BCUT2D eigenvalue weighted by Gasteiger charge is 2.34. The van der Waals surface area contributed by atoms with Gasteiger partial charge >= 0.3 is 5.69 Å². The number of nitro benzene ring substituents is 1. The lowest BCUT2D eigenvalue weighted by molar-refractivity contribution is -0.383. The van der Waals surface area contributed by atoms with Crippen LogP contribution in [0.2, 0.25) is 0 Å². The summed E-state index contributed by atoms with van der Waals surface area (Å²) in [4.78, 5) is 25.3. The number of non-ortho nitro benzene ring substituents is 1. The SMILES string of the molecule is CC(C)C[C@@H](C)NC(=O)[C@@H]1CCCN1c1ccc([N+](=O)[O-])c2nonc12. The first-order chi connectivity index (χ1) is 12.4. The molecular formula is C17H23N5O4. The summed E-state index contributed by atoms with van der Waals surface area (Å²) in [7, 11) is 0. The second-order valence-electron chi connectivity index (χ2n) is 7.21. The van der Waals surface area contributed by atoms with Crippen LogP contribution in [0.4, 0.5) is 11.4 Å². The van der Waals surface area contributed by atoms with Crippen LogP contribution in [0.3, 0.4) is 0 Å². The number of nitro groups is 1. The molecule has 1 amide bonds. The molecule has 1 N–H and O–H groups in total. The minimum Gasteiger partial charge on any atom is -0.358 e. The molecule has 0 unspecified atom stereocenters. The smallest absolute Gasteiger partial charge is 0.300 e. The molecule has 2 atom stereocenters. The van der Waals surface area contributed by atoms with E-state index in [1.54, 1.807) is 6.07 Å². The quantitative estimate of drug-likeness (QED) is 0.621. The minimum atomic E-state index is -0.516. The average Bonchev–Trinajstić information content (AvgIpc) is 3.22. The van der Waals surface area contributed by atoms with Gasteiger partial charge in [-0.15, -0.1) is 0 Å². The third-order valence-corrected chi connectivity index (χ3v) is 4.65. The van der Waals surface area contributed by atoms with E-state index >= 15 is 0 Å². The van der Waals surface area contributed by atoms with E-state index in [1.807, 2.05) is 11.8 Å². The number of hydrogen-bond donors (Lipinski definition) is 1. The topological polar surface area (TPSA) is 114 Å². The Morgan fingerprint density at radius 1 is 1.38 bits per heavy atom. The van der Waals surface area contributed by atoms with Crippen molar-refractivity contribution in [2.24, 2.45) is 5.92 Å². The Labute approximate surface area is 150 Å². The lowest BCUT2D eigenvalue weighted by Crippen LogP contribution is -2.46. The largest absolute Gasteiger partial charge is 0.358 e. The predicted octanol–water partition coefficient (Wildman–Crippen LogP) is 2.65. The summed E-state index contributed by atoms with van der Waals surface area (Å²) in [5.41, 5.74) is 0.901. The standard InChI is InChI=1S/C17H23N5O4/c1-10(2)9-11(3)18-17(23)14-5-4-8-21(14)12-6-7-13(22(24)25)16-15(12)19-26-20-16/h6-7,10-11,14H,4-5,8-9H2,1-3H3,(H,18,23)/t11-,14+/m1/s1. The van der Waals surface area contributed by atoms with Crippen molar-refractivity contribution in [2.45, 2.75) is 52.1 Å². The minimum absolute atomic E-state index is 0.0291. The van der Waals surface area contributed by atoms with Gasteiger partial charge in [-0.25, -0.2) is 4.63 Å². The van der Waals surface area contributed by atoms with Crippen molar-refractivity contribution in [1.29, 1.82) is 0 Å². The Morgan fingerprint density at radius 3 is 2.81 bits per heavy atom. The monoisotopic (exact) mass is 361 g/mol. The fourth-order valence-electron chi connectivity index (χ4n) is 3.65. The van der Waals surface area contributed by atoms with Crippen molar-refractivity contribution in [2.75, 3.05) is 11.4 Å². The molecule has 1 saturated heterocycles. The van der Waals surface area contributed by atoms with E-state index in [-0.39, 0.29) is 29.2 Å². The Balaban J connectivity index is 1.86. The van der Waals surface area contributed by atoms with E-state index in [2.05, 4.69) is 29.5 Å². The number of amides is 1. The van der Waals surface area contributed by atoms with Crippen LogP contribution < -0.4 is 10.2 Å². The molecule has 1 aliphatic rings. The van der Waals surface area contributed by atoms with Crippen LogP contribution in [-0.4, -0.2) is 39.8 Å². The first kappa shape index (κ1) is 18.1. The maximum absolute atomic E-state index is 12.8. The number of aromatic nitrogens is 2. The lowest BCUT2D eigenvalue weighted by atomic mass is 10.0. The van der Waals surface area contributed by atoms with E-state index in [9.17, 15) is 14.9 Å². The van der Waals surface area contributed by atoms with E-state index in [4.69, 9.17) is 4.63 Å². The van der Waals surface area contributed by atoms with E-state index in [0.29, 0.717) is 23.7 Å². The van der Waals surface area contributed by atoms with E-state index in [1.165, 1.54) is 6.07 Å². The van der Waals surface area contributed by atoms with Gasteiger partial charge in [0.15, 0.2) is 5.52 Å². The maximum Gasteiger partial charge on any atom is 0.300 e. The summed E-state index contributed by atoms with van der Waals surface area (Å²) in [5, 5.41) is 21.7. The molecule has 3 rings (SSSR count). The summed E-state index contributed by atoms with van der Waals surface area (Å²) >= 11 is 0. The highest BCUT2D eigenvalue weighted by molar-refractivity contribution is 5.96. The number of fused-ring (bicyclic) bond motifs is 1. The number of carbonyl (C=O) groups excluding carboxylic acids is 1. The van der Waals surface area contributed by atoms with Gasteiger partial charge in [0.25, 0.3) is 0 Å². The molecule has 1 aromatic carbocycles. The Morgan fingerprint density at radius 2 is 2.12 bits per heavy atom. The van der Waals surface area contributed by atoms with Gasteiger partial charge < -0.3 is 10.2 Å². The molecule has 1 aromatic heterocycles. The van der Waals surface area contributed by atoms with Crippen LogP contribution >= 0.6 is 0 Å². The predicted molar refractivity (Wildman–Crippen MR) is 95.9 cm³/mol. The van der Waals surface area contributed by atoms with Crippen molar-refractivity contribution >= 4 is 28.3 Å². The van der Waals surface area contributed by atoms with Crippen LogP contribution in [0, 0.1) is 16.0 Å². The van der Waals surface area contributed by atoms with Gasteiger partial charge in [-0.3, -0.25) is 14.9 Å². The normalized spacial score (nSPS) is 18.5. The van der Waals surface area contributed by atoms with Crippen molar-refractivity contribution in [3.05, 3.63) is 22.2 Å². The molecule has 9 heteroatoms. The van der Waals surface area contributed by atoms with Gasteiger partial charge in [0.05, 0.1) is 10.6 Å². The van der Waals surface area contributed by atoms with Gasteiger partial charge in [-0.1, -0.05) is 13.8 Å². The summed E-state index contributed by atoms with van der Waals surface area (Å²) in [6.45, 7) is 6.92. The number of nitrogens with one attached hydrogen (secondary N) is 1. The molecule has 9 nitrogen and oxygen atoms in total. The lowest BCUT2D eigenvalue weighted by Gasteiger charge is -2.27. The summed E-state index contributed by atoms with van der Waals surface area (Å²) < 4.78 is 4.73. The first-order valence-electron chi connectivity index (χ1n) is 8.85. The highest BCUT2D eigenvalue weighted by Crippen LogP contribution is 2.35. The van der Waals surface area contributed by atoms with Crippen molar-refractivity contribution in [3.63, 3.8) is 0 Å². The zero-order valence-electron chi connectivity index (χ0n) is 15.1. The van der Waals surface area contributed by atoms with Gasteiger partial charge in [0.1, 0.15) is 6.04 Å². The Kier molecular flexibility index (Phi) is 5.06. The molecule has 0 aliphatic carbocycles. The highest BCUT2D eigenvalue weighted by atomic mass is 16.6. The zero-order chi connectivity index (χ0) is 18.8. The molecule has 0 saturated carbocycles. The summed E-state index contributed by atoms with van der Waals surface area (Å²) in [5.74, 6) is 0.471. The van der Waals surface area contributed by atoms with Crippen molar-refractivity contribution in [3.8, 4) is 0 Å². The van der Waals surface area contributed by atoms with E-state index in [0.717, 1.165) is 19.3 Å². The number of benzene rings is 1. The fourth-order valence-corrected chi connectivity index (χ4v) is 3.65. The summed E-state index contributed by atoms with van der Waals surface area (Å²) in [6, 6.07) is 2.77. The van der Waals surface area contributed by atoms with Gasteiger partial charge in [0, 0.05) is 18.7 Å². The van der Waals surface area contributed by atoms with Gasteiger partial charge in [-0.05, 0) is 48.5 Å². The van der Waals surface area contributed by atoms with Gasteiger partial charge in [-0.2, -0.15) is 0 Å². The van der Waals surface area contributed by atoms with Crippen LogP contribution in [0.5, 0.6) is 0 Å². The fraction of sp³-hybridized carbons (Fsp3) is 0.588. The van der Waals surface area contributed by atoms with Gasteiger partial charge in [0.2, 0.25) is 11.4 Å². The summed E-state index contributed by atoms with van der Waals surface area (Å²) in [6.07, 6.45) is 2.50. The average molecular weight is 361 g/mol. The molecule has 1 fully saturated rings. The number of nitrogens with zero attached hydrogens (tertiary/aromatic N) is 4. The molecule has 140 valence electrons. The van der Waals surface area contributed by atoms with Crippen LogP contribution in [-0.2, 0) is 4.79 Å². The van der Waals surface area contributed by atoms with Crippen molar-refractivity contribution in [1.82, 2.24) is 15.6 Å². The third kappa shape index (κ3) is 3.47. The maximum atomic E-state index is 12.8. The zero-order valence-corrected chi connectivity index (χ0v) is 15.1. The molecule has 0 radical (unpaired) electrons. The second kappa shape index (κ2) is 7.27. The Bertz CT molecular complexity index is 819. The molecular weight excluding hydrogens is 338 g/mol. The molecule has 26 heavy (non-hydrogen) atoms. The Hall–Kier alpha value is -2.71. The van der Waals surface area contributed by atoms with Crippen LogP contribution in [0.25, 0.3) is 11.0 Å².